The van der Waals surface area contributed by atoms with Gasteiger partial charge in [0.2, 0.25) is 10.0 Å². The molecule has 6 nitrogen and oxygen atoms in total. The number of benzene rings is 1. The molecular weight excluding hydrogens is 294 g/mol. The summed E-state index contributed by atoms with van der Waals surface area (Å²) in [6.45, 7) is 1.71. The van der Waals surface area contributed by atoms with E-state index in [0.717, 1.165) is 0 Å². The number of ether oxygens (including phenoxy) is 2. The Morgan fingerprint density at radius 3 is 2.43 bits per heavy atom. The summed E-state index contributed by atoms with van der Waals surface area (Å²) in [6, 6.07) is 7.36. The van der Waals surface area contributed by atoms with Crippen LogP contribution in [0.3, 0.4) is 0 Å². The van der Waals surface area contributed by atoms with Crippen molar-refractivity contribution in [2.75, 3.05) is 14.2 Å². The van der Waals surface area contributed by atoms with E-state index in [1.165, 1.54) is 32.6 Å². The lowest BCUT2D eigenvalue weighted by molar-refractivity contribution is 0.354. The van der Waals surface area contributed by atoms with Crippen LogP contribution in [0.15, 0.2) is 45.9 Å². The predicted molar refractivity (Wildman–Crippen MR) is 77.0 cm³/mol. The van der Waals surface area contributed by atoms with Crippen LogP contribution >= 0.6 is 0 Å². The Labute approximate surface area is 123 Å². The van der Waals surface area contributed by atoms with Gasteiger partial charge in [0.15, 0.2) is 11.5 Å². The average molecular weight is 311 g/mol. The van der Waals surface area contributed by atoms with Gasteiger partial charge >= 0.3 is 0 Å². The van der Waals surface area contributed by atoms with Crippen LogP contribution in [0.5, 0.6) is 11.5 Å². The van der Waals surface area contributed by atoms with E-state index in [-0.39, 0.29) is 4.90 Å². The van der Waals surface area contributed by atoms with Crippen molar-refractivity contribution >= 4 is 10.0 Å². The second-order valence-corrected chi connectivity index (χ2v) is 6.09. The maximum absolute atomic E-state index is 12.4. The van der Waals surface area contributed by atoms with Crippen molar-refractivity contribution in [1.29, 1.82) is 0 Å². The minimum absolute atomic E-state index is 0.0959. The molecule has 1 N–H and O–H groups in total. The third kappa shape index (κ3) is 3.37. The molecule has 2 rings (SSSR count). The highest BCUT2D eigenvalue weighted by Crippen LogP contribution is 2.29. The van der Waals surface area contributed by atoms with E-state index in [1.807, 2.05) is 0 Å². The fraction of sp³-hybridized carbons (Fsp3) is 0.286. The Balaban J connectivity index is 2.27. The summed E-state index contributed by atoms with van der Waals surface area (Å²) in [5, 5.41) is 0. The predicted octanol–water partition coefficient (Wildman–Crippen LogP) is 2.34. The molecule has 0 aliphatic heterocycles. The summed E-state index contributed by atoms with van der Waals surface area (Å²) in [7, 11) is -0.748. The second-order valence-electron chi connectivity index (χ2n) is 4.38. The van der Waals surface area contributed by atoms with Gasteiger partial charge in [0.1, 0.15) is 5.76 Å². The molecule has 0 saturated carbocycles. The van der Waals surface area contributed by atoms with Gasteiger partial charge in [-0.15, -0.1) is 0 Å². The molecule has 1 unspecified atom stereocenters. The second kappa shape index (κ2) is 6.19. The Kier molecular flexibility index (Phi) is 4.54. The maximum Gasteiger partial charge on any atom is 0.241 e. The van der Waals surface area contributed by atoms with Crippen LogP contribution in [-0.2, 0) is 10.0 Å². The Morgan fingerprint density at radius 1 is 1.14 bits per heavy atom. The standard InChI is InChI=1S/C14H17NO5S/c1-10(12-5-4-8-20-12)15-21(16,17)11-6-7-13(18-2)14(9-11)19-3/h4-10,15H,1-3H3. The van der Waals surface area contributed by atoms with Crippen molar-refractivity contribution in [3.05, 3.63) is 42.4 Å². The highest BCUT2D eigenvalue weighted by atomic mass is 32.2. The van der Waals surface area contributed by atoms with Gasteiger partial charge in [-0.1, -0.05) is 0 Å². The minimum atomic E-state index is -3.69. The fourth-order valence-electron chi connectivity index (χ4n) is 1.88. The van der Waals surface area contributed by atoms with Gasteiger partial charge in [-0.3, -0.25) is 0 Å². The molecule has 1 heterocycles. The van der Waals surface area contributed by atoms with Crippen LogP contribution in [0.2, 0.25) is 0 Å². The summed E-state index contributed by atoms with van der Waals surface area (Å²) in [5.41, 5.74) is 0. The van der Waals surface area contributed by atoms with E-state index in [1.54, 1.807) is 25.1 Å². The van der Waals surface area contributed by atoms with Crippen LogP contribution in [-0.4, -0.2) is 22.6 Å². The molecule has 0 aliphatic rings. The maximum atomic E-state index is 12.4. The van der Waals surface area contributed by atoms with E-state index >= 15 is 0 Å². The number of nitrogens with one attached hydrogen (secondary N) is 1. The van der Waals surface area contributed by atoms with Gasteiger partial charge in [-0.05, 0) is 31.2 Å². The van der Waals surface area contributed by atoms with Crippen LogP contribution in [0.4, 0.5) is 0 Å². The summed E-state index contributed by atoms with van der Waals surface area (Å²) in [4.78, 5) is 0.0959. The third-order valence-corrected chi connectivity index (χ3v) is 4.51. The summed E-state index contributed by atoms with van der Waals surface area (Å²) in [6.07, 6.45) is 1.50. The summed E-state index contributed by atoms with van der Waals surface area (Å²) in [5.74, 6) is 1.36. The zero-order valence-electron chi connectivity index (χ0n) is 12.0. The zero-order valence-corrected chi connectivity index (χ0v) is 12.8. The van der Waals surface area contributed by atoms with E-state index in [0.29, 0.717) is 17.3 Å². The molecule has 0 spiro atoms. The van der Waals surface area contributed by atoms with Gasteiger partial charge in [0.05, 0.1) is 31.4 Å². The SMILES string of the molecule is COc1ccc(S(=O)(=O)NC(C)c2ccco2)cc1OC. The molecule has 0 saturated heterocycles. The van der Waals surface area contributed by atoms with Gasteiger partial charge in [-0.25, -0.2) is 13.1 Å². The molecule has 21 heavy (non-hydrogen) atoms. The van der Waals surface area contributed by atoms with Crippen molar-refractivity contribution < 1.29 is 22.3 Å². The van der Waals surface area contributed by atoms with Crippen LogP contribution in [0.25, 0.3) is 0 Å². The first-order valence-electron chi connectivity index (χ1n) is 6.25. The molecule has 1 atom stereocenters. The quantitative estimate of drug-likeness (QED) is 0.886. The largest absolute Gasteiger partial charge is 0.493 e. The topological polar surface area (TPSA) is 77.8 Å². The van der Waals surface area contributed by atoms with Gasteiger partial charge in [0, 0.05) is 6.07 Å². The molecule has 0 radical (unpaired) electrons. The van der Waals surface area contributed by atoms with Crippen molar-refractivity contribution in [2.24, 2.45) is 0 Å². The monoisotopic (exact) mass is 311 g/mol. The zero-order chi connectivity index (χ0) is 15.5. The Bertz CT molecular complexity index is 694. The minimum Gasteiger partial charge on any atom is -0.493 e. The normalized spacial score (nSPS) is 12.9. The van der Waals surface area contributed by atoms with Gasteiger partial charge in [-0.2, -0.15) is 0 Å². The Morgan fingerprint density at radius 2 is 1.86 bits per heavy atom. The van der Waals surface area contributed by atoms with Crippen molar-refractivity contribution in [2.45, 2.75) is 17.9 Å². The van der Waals surface area contributed by atoms with Gasteiger partial charge in [0.25, 0.3) is 0 Å². The number of methoxy groups -OCH3 is 2. The first kappa shape index (κ1) is 15.4. The van der Waals surface area contributed by atoms with Crippen LogP contribution < -0.4 is 14.2 Å². The number of hydrogen-bond acceptors (Lipinski definition) is 5. The molecular formula is C14H17NO5S. The number of sulfonamides is 1. The highest BCUT2D eigenvalue weighted by Gasteiger charge is 2.21. The molecule has 2 aromatic rings. The van der Waals surface area contributed by atoms with Crippen LogP contribution in [0, 0.1) is 0 Å². The van der Waals surface area contributed by atoms with Crippen molar-refractivity contribution in [3.63, 3.8) is 0 Å². The average Bonchev–Trinajstić information content (AvgIpc) is 3.00. The van der Waals surface area contributed by atoms with E-state index in [9.17, 15) is 8.42 Å². The fourth-order valence-corrected chi connectivity index (χ4v) is 3.11. The lowest BCUT2D eigenvalue weighted by atomic mass is 10.3. The first-order chi connectivity index (χ1) is 9.97. The van der Waals surface area contributed by atoms with Gasteiger partial charge < -0.3 is 13.9 Å². The molecule has 0 bridgehead atoms. The molecule has 1 aromatic carbocycles. The molecule has 0 fully saturated rings. The molecule has 0 aliphatic carbocycles. The first-order valence-corrected chi connectivity index (χ1v) is 7.74. The van der Waals surface area contributed by atoms with Crippen molar-refractivity contribution in [3.8, 4) is 11.5 Å². The van der Waals surface area contributed by atoms with Crippen molar-refractivity contribution in [1.82, 2.24) is 4.72 Å². The third-order valence-electron chi connectivity index (χ3n) is 2.97. The summed E-state index contributed by atoms with van der Waals surface area (Å²) >= 11 is 0. The highest BCUT2D eigenvalue weighted by molar-refractivity contribution is 7.89. The molecule has 114 valence electrons. The number of furan rings is 1. The molecule has 0 amide bonds. The van der Waals surface area contributed by atoms with E-state index in [2.05, 4.69) is 4.72 Å². The number of hydrogen-bond donors (Lipinski definition) is 1. The van der Waals surface area contributed by atoms with Crippen LogP contribution in [0.1, 0.15) is 18.7 Å². The summed E-state index contributed by atoms with van der Waals surface area (Å²) < 4.78 is 42.6. The molecule has 1 aromatic heterocycles. The number of rotatable bonds is 6. The van der Waals surface area contributed by atoms with E-state index in [4.69, 9.17) is 13.9 Å². The Hall–Kier alpha value is -1.99. The van der Waals surface area contributed by atoms with E-state index < -0.39 is 16.1 Å². The lowest BCUT2D eigenvalue weighted by Gasteiger charge is -2.14. The lowest BCUT2D eigenvalue weighted by Crippen LogP contribution is -2.26. The molecule has 7 heteroatoms. The smallest absolute Gasteiger partial charge is 0.241 e.